The van der Waals surface area contributed by atoms with Crippen LogP contribution in [0.5, 0.6) is 0 Å². The fourth-order valence-electron chi connectivity index (χ4n) is 1.80. The molecule has 0 bridgehead atoms. The van der Waals surface area contributed by atoms with Crippen LogP contribution in [0, 0.1) is 20.8 Å². The van der Waals surface area contributed by atoms with E-state index in [1.807, 2.05) is 13.1 Å². The largest absolute Gasteiger partial charge is 0.379 e. The van der Waals surface area contributed by atoms with Gasteiger partial charge in [0.15, 0.2) is 0 Å². The summed E-state index contributed by atoms with van der Waals surface area (Å²) < 4.78 is 0. The lowest BCUT2D eigenvalue weighted by Gasteiger charge is -2.09. The summed E-state index contributed by atoms with van der Waals surface area (Å²) in [5, 5.41) is 3.41. The predicted molar refractivity (Wildman–Crippen MR) is 72.2 cm³/mol. The van der Waals surface area contributed by atoms with Crippen LogP contribution in [0.1, 0.15) is 22.4 Å². The van der Waals surface area contributed by atoms with Crippen molar-refractivity contribution in [2.24, 2.45) is 0 Å². The van der Waals surface area contributed by atoms with E-state index in [2.05, 4.69) is 54.5 Å². The molecule has 0 spiro atoms. The highest BCUT2D eigenvalue weighted by molar-refractivity contribution is 5.52. The van der Waals surface area contributed by atoms with E-state index < -0.39 is 0 Å². The van der Waals surface area contributed by atoms with Crippen LogP contribution in [0.15, 0.2) is 36.5 Å². The van der Waals surface area contributed by atoms with E-state index in [4.69, 9.17) is 0 Å². The van der Waals surface area contributed by atoms with Crippen molar-refractivity contribution in [1.29, 1.82) is 0 Å². The number of benzene rings is 1. The first-order chi connectivity index (χ1) is 8.15. The first kappa shape index (κ1) is 11.6. The van der Waals surface area contributed by atoms with Gasteiger partial charge >= 0.3 is 0 Å². The third-order valence-corrected chi connectivity index (χ3v) is 2.81. The molecule has 0 fully saturated rings. The Balaban J connectivity index is 2.04. The Labute approximate surface area is 103 Å². The smallest absolute Gasteiger partial charge is 0.0594 e. The number of nitrogens with zero attached hydrogens (tertiary/aromatic N) is 1. The molecule has 2 heteroatoms. The van der Waals surface area contributed by atoms with Gasteiger partial charge in [-0.1, -0.05) is 23.8 Å². The number of hydrogen-bond acceptors (Lipinski definition) is 2. The summed E-state index contributed by atoms with van der Waals surface area (Å²) in [4.78, 5) is 4.38. The molecule has 2 rings (SSSR count). The molecule has 17 heavy (non-hydrogen) atoms. The fraction of sp³-hybridized carbons (Fsp3) is 0.267. The van der Waals surface area contributed by atoms with Crippen molar-refractivity contribution in [3.05, 3.63) is 58.9 Å². The molecule has 1 heterocycles. The van der Waals surface area contributed by atoms with Crippen molar-refractivity contribution < 1.29 is 0 Å². The zero-order chi connectivity index (χ0) is 12.3. The van der Waals surface area contributed by atoms with Crippen molar-refractivity contribution in [1.82, 2.24) is 4.98 Å². The summed E-state index contributed by atoms with van der Waals surface area (Å²) >= 11 is 0. The van der Waals surface area contributed by atoms with Gasteiger partial charge in [-0.05, 0) is 44.0 Å². The molecule has 0 amide bonds. The molecule has 2 aromatic rings. The maximum atomic E-state index is 4.38. The zero-order valence-electron chi connectivity index (χ0n) is 10.6. The molecule has 2 nitrogen and oxygen atoms in total. The molecule has 1 aromatic heterocycles. The maximum Gasteiger partial charge on any atom is 0.0594 e. The molecule has 0 saturated carbocycles. The van der Waals surface area contributed by atoms with Gasteiger partial charge < -0.3 is 5.32 Å². The number of rotatable bonds is 3. The van der Waals surface area contributed by atoms with E-state index in [9.17, 15) is 0 Å². The first-order valence-corrected chi connectivity index (χ1v) is 5.88. The molecular weight excluding hydrogens is 208 g/mol. The third kappa shape index (κ3) is 3.06. The SMILES string of the molecule is Cc1ccc(CNc2ccc(C)cc2C)nc1. The van der Waals surface area contributed by atoms with Gasteiger partial charge in [0.1, 0.15) is 0 Å². The van der Waals surface area contributed by atoms with Crippen LogP contribution in [-0.4, -0.2) is 4.98 Å². The molecular formula is C15H18N2. The molecule has 0 unspecified atom stereocenters. The van der Waals surface area contributed by atoms with Crippen LogP contribution in [0.4, 0.5) is 5.69 Å². The van der Waals surface area contributed by atoms with Crippen molar-refractivity contribution in [3.8, 4) is 0 Å². The van der Waals surface area contributed by atoms with Crippen LogP contribution in [0.25, 0.3) is 0 Å². The second-order valence-electron chi connectivity index (χ2n) is 4.50. The summed E-state index contributed by atoms with van der Waals surface area (Å²) in [6, 6.07) is 10.6. The topological polar surface area (TPSA) is 24.9 Å². The number of anilines is 1. The summed E-state index contributed by atoms with van der Waals surface area (Å²) in [5.41, 5.74) is 6.01. The highest BCUT2D eigenvalue weighted by atomic mass is 14.9. The standard InChI is InChI=1S/C15H18N2/c1-11-5-7-15(13(3)8-11)17-10-14-6-4-12(2)9-16-14/h4-9,17H,10H2,1-3H3. The Morgan fingerprint density at radius 1 is 1.00 bits per heavy atom. The first-order valence-electron chi connectivity index (χ1n) is 5.88. The summed E-state index contributed by atoms with van der Waals surface area (Å²) in [6.07, 6.45) is 1.90. The number of aromatic nitrogens is 1. The lowest BCUT2D eigenvalue weighted by atomic mass is 10.1. The monoisotopic (exact) mass is 226 g/mol. The van der Waals surface area contributed by atoms with Crippen LogP contribution in [0.2, 0.25) is 0 Å². The van der Waals surface area contributed by atoms with Gasteiger partial charge in [-0.3, -0.25) is 4.98 Å². The minimum Gasteiger partial charge on any atom is -0.379 e. The molecule has 1 N–H and O–H groups in total. The molecule has 1 aromatic carbocycles. The van der Waals surface area contributed by atoms with E-state index in [0.29, 0.717) is 0 Å². The van der Waals surface area contributed by atoms with Gasteiger partial charge in [0, 0.05) is 11.9 Å². The molecule has 0 saturated heterocycles. The molecule has 88 valence electrons. The number of pyridine rings is 1. The molecule has 0 aliphatic rings. The second kappa shape index (κ2) is 5.00. The molecule has 0 aliphatic heterocycles. The van der Waals surface area contributed by atoms with Gasteiger partial charge in [-0.2, -0.15) is 0 Å². The Hall–Kier alpha value is -1.83. The van der Waals surface area contributed by atoms with E-state index in [-0.39, 0.29) is 0 Å². The predicted octanol–water partition coefficient (Wildman–Crippen LogP) is 3.62. The van der Waals surface area contributed by atoms with Crippen LogP contribution < -0.4 is 5.32 Å². The molecule has 0 aliphatic carbocycles. The lowest BCUT2D eigenvalue weighted by molar-refractivity contribution is 1.03. The fourth-order valence-corrected chi connectivity index (χ4v) is 1.80. The van der Waals surface area contributed by atoms with Crippen molar-refractivity contribution in [2.75, 3.05) is 5.32 Å². The van der Waals surface area contributed by atoms with E-state index in [1.165, 1.54) is 22.4 Å². The van der Waals surface area contributed by atoms with Crippen molar-refractivity contribution in [3.63, 3.8) is 0 Å². The number of hydrogen-bond donors (Lipinski definition) is 1. The highest BCUT2D eigenvalue weighted by Crippen LogP contribution is 2.16. The van der Waals surface area contributed by atoms with Gasteiger partial charge in [0.2, 0.25) is 0 Å². The summed E-state index contributed by atoms with van der Waals surface area (Å²) in [5.74, 6) is 0. The van der Waals surface area contributed by atoms with Crippen molar-refractivity contribution >= 4 is 5.69 Å². The average Bonchev–Trinajstić information content (AvgIpc) is 2.30. The zero-order valence-corrected chi connectivity index (χ0v) is 10.6. The third-order valence-electron chi connectivity index (χ3n) is 2.81. The Kier molecular flexibility index (Phi) is 3.43. The van der Waals surface area contributed by atoms with Gasteiger partial charge in [0.25, 0.3) is 0 Å². The summed E-state index contributed by atoms with van der Waals surface area (Å²) in [7, 11) is 0. The average molecular weight is 226 g/mol. The van der Waals surface area contributed by atoms with Crippen molar-refractivity contribution in [2.45, 2.75) is 27.3 Å². The second-order valence-corrected chi connectivity index (χ2v) is 4.50. The van der Waals surface area contributed by atoms with Gasteiger partial charge in [-0.25, -0.2) is 0 Å². The Morgan fingerprint density at radius 2 is 1.76 bits per heavy atom. The maximum absolute atomic E-state index is 4.38. The highest BCUT2D eigenvalue weighted by Gasteiger charge is 1.99. The number of aryl methyl sites for hydroxylation is 3. The summed E-state index contributed by atoms with van der Waals surface area (Å²) in [6.45, 7) is 7.05. The molecule has 0 atom stereocenters. The number of nitrogens with one attached hydrogen (secondary N) is 1. The van der Waals surface area contributed by atoms with Crippen LogP contribution >= 0.6 is 0 Å². The van der Waals surface area contributed by atoms with Gasteiger partial charge in [0.05, 0.1) is 12.2 Å². The van der Waals surface area contributed by atoms with Gasteiger partial charge in [-0.15, -0.1) is 0 Å². The minimum atomic E-state index is 0.768. The van der Waals surface area contributed by atoms with E-state index in [1.54, 1.807) is 0 Å². The van der Waals surface area contributed by atoms with Crippen LogP contribution in [0.3, 0.4) is 0 Å². The van der Waals surface area contributed by atoms with Crippen LogP contribution in [-0.2, 0) is 6.54 Å². The normalized spacial score (nSPS) is 10.3. The Bertz CT molecular complexity index is 501. The quantitative estimate of drug-likeness (QED) is 0.864. The van der Waals surface area contributed by atoms with E-state index >= 15 is 0 Å². The Morgan fingerprint density at radius 3 is 2.41 bits per heavy atom. The minimum absolute atomic E-state index is 0.768. The molecule has 0 radical (unpaired) electrons. The lowest BCUT2D eigenvalue weighted by Crippen LogP contribution is -2.02. The van der Waals surface area contributed by atoms with E-state index in [0.717, 1.165) is 12.2 Å².